The summed E-state index contributed by atoms with van der Waals surface area (Å²) in [7, 11) is 0. The average Bonchev–Trinajstić information content (AvgIpc) is 2.97. The highest BCUT2D eigenvalue weighted by atomic mass is 35.5. The van der Waals surface area contributed by atoms with Gasteiger partial charge in [0.05, 0.1) is 0 Å². The summed E-state index contributed by atoms with van der Waals surface area (Å²) in [4.78, 5) is 25.7. The molecule has 0 saturated carbocycles. The Hall–Kier alpha value is -1.66. The van der Waals surface area contributed by atoms with Crippen LogP contribution in [0.1, 0.15) is 31.2 Å². The largest absolute Gasteiger partial charge is 0.350 e. The average molecular weight is 354 g/mol. The van der Waals surface area contributed by atoms with Crippen molar-refractivity contribution in [2.24, 2.45) is 0 Å². The van der Waals surface area contributed by atoms with Crippen LogP contribution in [-0.4, -0.2) is 41.9 Å². The Balaban J connectivity index is 1.50. The molecule has 2 fully saturated rings. The second kappa shape index (κ2) is 7.49. The van der Waals surface area contributed by atoms with Gasteiger partial charge in [0, 0.05) is 42.7 Å². The second-order valence-electron chi connectivity index (χ2n) is 6.48. The summed E-state index contributed by atoms with van der Waals surface area (Å²) < 4.78 is 13.9. The summed E-state index contributed by atoms with van der Waals surface area (Å²) in [5.74, 6) is -0.486. The van der Waals surface area contributed by atoms with Crippen LogP contribution in [0.2, 0.25) is 5.02 Å². The summed E-state index contributed by atoms with van der Waals surface area (Å²) in [5.41, 5.74) is 0.603. The molecular weight excluding hydrogens is 333 g/mol. The van der Waals surface area contributed by atoms with E-state index in [0.29, 0.717) is 36.5 Å². The fourth-order valence-corrected chi connectivity index (χ4v) is 3.45. The van der Waals surface area contributed by atoms with E-state index in [1.807, 2.05) is 0 Å². The van der Waals surface area contributed by atoms with Crippen molar-refractivity contribution in [1.29, 1.82) is 0 Å². The van der Waals surface area contributed by atoms with Crippen LogP contribution in [0.5, 0.6) is 0 Å². The Labute approximate surface area is 145 Å². The number of hydrogen-bond donors (Lipinski definition) is 2. The van der Waals surface area contributed by atoms with E-state index >= 15 is 0 Å². The summed E-state index contributed by atoms with van der Waals surface area (Å²) >= 11 is 5.77. The lowest BCUT2D eigenvalue weighted by Gasteiger charge is -2.24. The van der Waals surface area contributed by atoms with Crippen LogP contribution in [0.25, 0.3) is 0 Å². The number of rotatable bonds is 4. The number of benzene rings is 1. The van der Waals surface area contributed by atoms with E-state index in [1.54, 1.807) is 12.1 Å². The fraction of sp³-hybridized carbons (Fsp3) is 0.529. The number of amides is 2. The first kappa shape index (κ1) is 17.2. The van der Waals surface area contributed by atoms with Crippen molar-refractivity contribution >= 4 is 23.4 Å². The lowest BCUT2D eigenvalue weighted by Crippen LogP contribution is -2.51. The smallest absolute Gasteiger partial charge is 0.242 e. The first-order valence-corrected chi connectivity index (χ1v) is 8.65. The number of likely N-dealkylation sites (tertiary alicyclic amines) is 1. The highest BCUT2D eigenvalue weighted by molar-refractivity contribution is 6.30. The lowest BCUT2D eigenvalue weighted by atomic mass is 10.0. The van der Waals surface area contributed by atoms with Crippen LogP contribution >= 0.6 is 11.6 Å². The Morgan fingerprint density at radius 3 is 3.00 bits per heavy atom. The molecule has 0 radical (unpaired) electrons. The molecule has 1 aromatic carbocycles. The molecule has 0 spiro atoms. The zero-order valence-corrected chi connectivity index (χ0v) is 14.1. The SMILES string of the molecule is O=C1CCC[C@H](C(=O)N[C@H]2CCN(Cc3ccc(Cl)cc3F)C2)N1. The number of hydrogen-bond acceptors (Lipinski definition) is 3. The molecule has 1 aromatic rings. The number of piperidine rings is 1. The highest BCUT2D eigenvalue weighted by Gasteiger charge is 2.29. The Morgan fingerprint density at radius 2 is 2.25 bits per heavy atom. The predicted molar refractivity (Wildman–Crippen MR) is 89.0 cm³/mol. The third kappa shape index (κ3) is 4.24. The van der Waals surface area contributed by atoms with Gasteiger partial charge in [0.2, 0.25) is 11.8 Å². The molecule has 0 unspecified atom stereocenters. The zero-order chi connectivity index (χ0) is 17.1. The first-order valence-electron chi connectivity index (χ1n) is 8.27. The molecule has 24 heavy (non-hydrogen) atoms. The quantitative estimate of drug-likeness (QED) is 0.868. The van der Waals surface area contributed by atoms with Crippen molar-refractivity contribution in [2.45, 2.75) is 44.3 Å². The van der Waals surface area contributed by atoms with E-state index in [2.05, 4.69) is 15.5 Å². The van der Waals surface area contributed by atoms with Gasteiger partial charge in [0.25, 0.3) is 0 Å². The van der Waals surface area contributed by atoms with Gasteiger partial charge in [-0.3, -0.25) is 14.5 Å². The molecule has 0 aliphatic carbocycles. The van der Waals surface area contributed by atoms with Gasteiger partial charge in [-0.05, 0) is 31.4 Å². The van der Waals surface area contributed by atoms with Gasteiger partial charge in [0.1, 0.15) is 11.9 Å². The topological polar surface area (TPSA) is 61.4 Å². The molecule has 3 rings (SSSR count). The maximum absolute atomic E-state index is 13.9. The molecule has 0 bridgehead atoms. The maximum Gasteiger partial charge on any atom is 0.242 e. The maximum atomic E-state index is 13.9. The first-order chi connectivity index (χ1) is 11.5. The molecule has 2 aliphatic rings. The Morgan fingerprint density at radius 1 is 1.42 bits per heavy atom. The van der Waals surface area contributed by atoms with Crippen LogP contribution in [0.15, 0.2) is 18.2 Å². The zero-order valence-electron chi connectivity index (χ0n) is 13.4. The number of carbonyl (C=O) groups excluding carboxylic acids is 2. The van der Waals surface area contributed by atoms with Gasteiger partial charge >= 0.3 is 0 Å². The molecule has 2 saturated heterocycles. The van der Waals surface area contributed by atoms with Crippen LogP contribution < -0.4 is 10.6 Å². The molecule has 0 aromatic heterocycles. The van der Waals surface area contributed by atoms with Crippen LogP contribution in [0.3, 0.4) is 0 Å². The predicted octanol–water partition coefficient (Wildman–Crippen LogP) is 1.84. The van der Waals surface area contributed by atoms with Gasteiger partial charge in [0.15, 0.2) is 0 Å². The van der Waals surface area contributed by atoms with Gasteiger partial charge in [-0.25, -0.2) is 4.39 Å². The molecule has 2 aliphatic heterocycles. The third-order valence-electron chi connectivity index (χ3n) is 4.58. The Bertz CT molecular complexity index is 640. The second-order valence-corrected chi connectivity index (χ2v) is 6.91. The van der Waals surface area contributed by atoms with E-state index in [4.69, 9.17) is 11.6 Å². The molecular formula is C17H21ClFN3O2. The summed E-state index contributed by atoms with van der Waals surface area (Å²) in [6.07, 6.45) is 2.75. The molecule has 2 heterocycles. The third-order valence-corrected chi connectivity index (χ3v) is 4.81. The molecule has 2 N–H and O–H groups in total. The standard InChI is InChI=1S/C17H21ClFN3O2/c18-12-5-4-11(14(19)8-12)9-22-7-6-13(10-22)20-17(24)15-2-1-3-16(23)21-15/h4-5,8,13,15H,1-3,6-7,9-10H2,(H,20,24)(H,21,23)/t13-,15+/m0/s1. The van der Waals surface area contributed by atoms with Gasteiger partial charge in [-0.1, -0.05) is 17.7 Å². The molecule has 5 nitrogen and oxygen atoms in total. The monoisotopic (exact) mass is 353 g/mol. The number of nitrogens with zero attached hydrogens (tertiary/aromatic N) is 1. The Kier molecular flexibility index (Phi) is 5.36. The van der Waals surface area contributed by atoms with Gasteiger partial charge < -0.3 is 10.6 Å². The number of nitrogens with one attached hydrogen (secondary N) is 2. The van der Waals surface area contributed by atoms with E-state index in [9.17, 15) is 14.0 Å². The van der Waals surface area contributed by atoms with Crippen LogP contribution in [-0.2, 0) is 16.1 Å². The summed E-state index contributed by atoms with van der Waals surface area (Å²) in [6.45, 7) is 1.97. The van der Waals surface area contributed by atoms with Crippen LogP contribution in [0.4, 0.5) is 4.39 Å². The number of carbonyl (C=O) groups is 2. The van der Waals surface area contributed by atoms with Gasteiger partial charge in [-0.2, -0.15) is 0 Å². The minimum Gasteiger partial charge on any atom is -0.350 e. The summed E-state index contributed by atoms with van der Waals surface area (Å²) in [5, 5.41) is 6.11. The minimum absolute atomic E-state index is 0.0340. The molecule has 130 valence electrons. The van der Waals surface area contributed by atoms with Crippen molar-refractivity contribution in [1.82, 2.24) is 15.5 Å². The minimum atomic E-state index is -0.422. The van der Waals surface area contributed by atoms with Crippen molar-refractivity contribution in [3.8, 4) is 0 Å². The van der Waals surface area contributed by atoms with E-state index in [-0.39, 0.29) is 23.7 Å². The number of halogens is 2. The van der Waals surface area contributed by atoms with E-state index in [1.165, 1.54) is 6.07 Å². The molecule has 2 amide bonds. The molecule has 2 atom stereocenters. The highest BCUT2D eigenvalue weighted by Crippen LogP contribution is 2.19. The molecule has 7 heteroatoms. The van der Waals surface area contributed by atoms with Crippen molar-refractivity contribution in [3.05, 3.63) is 34.6 Å². The van der Waals surface area contributed by atoms with Crippen LogP contribution in [0, 0.1) is 5.82 Å². The summed E-state index contributed by atoms with van der Waals surface area (Å²) in [6, 6.07) is 4.31. The fourth-order valence-electron chi connectivity index (χ4n) is 3.29. The van der Waals surface area contributed by atoms with E-state index < -0.39 is 6.04 Å². The normalized spacial score (nSPS) is 24.7. The van der Waals surface area contributed by atoms with Crippen molar-refractivity contribution in [2.75, 3.05) is 13.1 Å². The lowest BCUT2D eigenvalue weighted by molar-refractivity contribution is -0.131. The van der Waals surface area contributed by atoms with Crippen molar-refractivity contribution in [3.63, 3.8) is 0 Å². The van der Waals surface area contributed by atoms with Crippen molar-refractivity contribution < 1.29 is 14.0 Å². The van der Waals surface area contributed by atoms with E-state index in [0.717, 1.165) is 19.4 Å². The van der Waals surface area contributed by atoms with Gasteiger partial charge in [-0.15, -0.1) is 0 Å².